The van der Waals surface area contributed by atoms with E-state index < -0.39 is 28.3 Å². The number of esters is 1. The van der Waals surface area contributed by atoms with Gasteiger partial charge < -0.3 is 10.1 Å². The monoisotopic (exact) mass is 387 g/mol. The molecule has 25 heavy (non-hydrogen) atoms. The molecule has 0 amide bonds. The van der Waals surface area contributed by atoms with Crippen LogP contribution in [0.1, 0.15) is 17.3 Å². The molecule has 0 aromatic carbocycles. The summed E-state index contributed by atoms with van der Waals surface area (Å²) in [6, 6.07) is 0.801. The lowest BCUT2D eigenvalue weighted by molar-refractivity contribution is -0.138. The summed E-state index contributed by atoms with van der Waals surface area (Å²) in [7, 11) is 1.60. The number of carbonyl (C=O) groups excluding carboxylic acids is 2. The van der Waals surface area contributed by atoms with Gasteiger partial charge in [0.05, 0.1) is 12.2 Å². The van der Waals surface area contributed by atoms with Crippen molar-refractivity contribution in [2.24, 2.45) is 7.05 Å². The van der Waals surface area contributed by atoms with Gasteiger partial charge in [-0.2, -0.15) is 10.1 Å². The fraction of sp³-hybridized carbons (Fsp3) is 0.214. The third-order valence-electron chi connectivity index (χ3n) is 2.93. The van der Waals surface area contributed by atoms with Gasteiger partial charge >= 0.3 is 5.97 Å². The molecule has 0 unspecified atom stereocenters. The van der Waals surface area contributed by atoms with Crippen molar-refractivity contribution in [3.8, 4) is 0 Å². The predicted molar refractivity (Wildman–Crippen MR) is 87.9 cm³/mol. The van der Waals surface area contributed by atoms with Crippen molar-refractivity contribution < 1.29 is 18.7 Å². The average molecular weight is 388 g/mol. The molecule has 0 saturated carbocycles. The van der Waals surface area contributed by atoms with Gasteiger partial charge in [-0.15, -0.1) is 0 Å². The van der Waals surface area contributed by atoms with Crippen LogP contribution < -0.4 is 5.32 Å². The zero-order valence-corrected chi connectivity index (χ0v) is 14.6. The molecule has 0 aliphatic heterocycles. The van der Waals surface area contributed by atoms with E-state index in [1.54, 1.807) is 14.0 Å². The molecule has 8 nitrogen and oxygen atoms in total. The van der Waals surface area contributed by atoms with Crippen LogP contribution in [0.2, 0.25) is 10.3 Å². The molecule has 0 bridgehead atoms. The van der Waals surface area contributed by atoms with Crippen molar-refractivity contribution in [1.29, 1.82) is 0 Å². The molecule has 2 heterocycles. The minimum atomic E-state index is -0.945. The minimum absolute atomic E-state index is 0.0361. The Bertz CT molecular complexity index is 853. The van der Waals surface area contributed by atoms with E-state index in [4.69, 9.17) is 27.9 Å². The summed E-state index contributed by atoms with van der Waals surface area (Å²) in [6.07, 6.45) is 2.35. The van der Waals surface area contributed by atoms with E-state index in [0.29, 0.717) is 0 Å². The highest BCUT2D eigenvalue weighted by atomic mass is 35.5. The van der Waals surface area contributed by atoms with E-state index in [2.05, 4.69) is 20.4 Å². The Balaban J connectivity index is 2.41. The number of halogens is 3. The molecule has 1 N–H and O–H groups in total. The van der Waals surface area contributed by atoms with Crippen molar-refractivity contribution in [3.05, 3.63) is 45.9 Å². The van der Waals surface area contributed by atoms with Crippen LogP contribution in [0.5, 0.6) is 0 Å². The molecule has 132 valence electrons. The summed E-state index contributed by atoms with van der Waals surface area (Å²) in [4.78, 5) is 32.1. The van der Waals surface area contributed by atoms with Crippen LogP contribution in [0, 0.1) is 5.82 Å². The van der Waals surface area contributed by atoms with E-state index in [-0.39, 0.29) is 23.3 Å². The topological polar surface area (TPSA) is 99.0 Å². The molecule has 0 aliphatic rings. The number of hydrogen-bond acceptors (Lipinski definition) is 7. The Kier molecular flexibility index (Phi) is 6.05. The average Bonchev–Trinajstić information content (AvgIpc) is 2.96. The summed E-state index contributed by atoms with van der Waals surface area (Å²) < 4.78 is 19.8. The first-order valence-electron chi connectivity index (χ1n) is 6.89. The van der Waals surface area contributed by atoms with Gasteiger partial charge in [-0.05, 0) is 13.0 Å². The Hall–Kier alpha value is -2.52. The van der Waals surface area contributed by atoms with Crippen molar-refractivity contribution in [2.75, 3.05) is 11.9 Å². The summed E-state index contributed by atoms with van der Waals surface area (Å²) >= 11 is 11.3. The van der Waals surface area contributed by atoms with Crippen LogP contribution in [-0.4, -0.2) is 38.1 Å². The van der Waals surface area contributed by atoms with Crippen molar-refractivity contribution in [3.63, 3.8) is 0 Å². The summed E-state index contributed by atoms with van der Waals surface area (Å²) in [5, 5.41) is 5.65. The summed E-state index contributed by atoms with van der Waals surface area (Å²) in [5.74, 6) is -2.49. The maximum absolute atomic E-state index is 13.6. The molecule has 0 atom stereocenters. The molecule has 0 aliphatic carbocycles. The molecule has 11 heteroatoms. The molecule has 2 aromatic rings. The van der Waals surface area contributed by atoms with E-state index >= 15 is 0 Å². The molecule has 2 rings (SSSR count). The van der Waals surface area contributed by atoms with Gasteiger partial charge in [-0.3, -0.25) is 4.79 Å². The maximum Gasteiger partial charge on any atom is 0.343 e. The van der Waals surface area contributed by atoms with Crippen LogP contribution in [0.3, 0.4) is 0 Å². The van der Waals surface area contributed by atoms with Crippen molar-refractivity contribution >= 4 is 40.9 Å². The molecular weight excluding hydrogens is 376 g/mol. The van der Waals surface area contributed by atoms with Gasteiger partial charge in [0.1, 0.15) is 17.1 Å². The lowest BCUT2D eigenvalue weighted by atomic mass is 10.1. The van der Waals surface area contributed by atoms with Gasteiger partial charge in [0.2, 0.25) is 11.7 Å². The number of hydrogen-bond donors (Lipinski definition) is 1. The third-order valence-corrected chi connectivity index (χ3v) is 3.48. The molecule has 0 saturated heterocycles. The van der Waals surface area contributed by atoms with Crippen LogP contribution in [0.25, 0.3) is 0 Å². The minimum Gasteiger partial charge on any atom is -0.462 e. The van der Waals surface area contributed by atoms with Gasteiger partial charge in [-0.25, -0.2) is 18.9 Å². The van der Waals surface area contributed by atoms with Crippen LogP contribution in [0.15, 0.2) is 24.2 Å². The first-order valence-corrected chi connectivity index (χ1v) is 7.64. The molecule has 2 aromatic heterocycles. The highest BCUT2D eigenvalue weighted by molar-refractivity contribution is 6.37. The number of Topliss-reactive ketones (excluding diaryl/α,β-unsaturated/α-hetero) is 1. The number of pyridine rings is 1. The number of ether oxygens (including phenoxy) is 1. The number of nitrogens with one attached hydrogen (secondary N) is 1. The maximum atomic E-state index is 13.6. The highest BCUT2D eigenvalue weighted by Crippen LogP contribution is 2.23. The fourth-order valence-corrected chi connectivity index (χ4v) is 2.15. The normalized spacial score (nSPS) is 11.3. The lowest BCUT2D eigenvalue weighted by Crippen LogP contribution is -2.19. The summed E-state index contributed by atoms with van der Waals surface area (Å²) in [6.45, 7) is 1.61. The quantitative estimate of drug-likeness (QED) is 0.203. The SMILES string of the molecule is CCOC(=O)/C(=C\Nc1ncnn1C)C(=O)c1cc(F)c(Cl)nc1Cl. The van der Waals surface area contributed by atoms with E-state index in [1.165, 1.54) is 11.0 Å². The van der Waals surface area contributed by atoms with E-state index in [0.717, 1.165) is 12.3 Å². The van der Waals surface area contributed by atoms with Crippen LogP contribution >= 0.6 is 23.2 Å². The Morgan fingerprint density at radius 1 is 1.40 bits per heavy atom. The van der Waals surface area contributed by atoms with E-state index in [1.807, 2.05) is 0 Å². The zero-order chi connectivity index (χ0) is 18.6. The number of aromatic nitrogens is 4. The smallest absolute Gasteiger partial charge is 0.343 e. The Morgan fingerprint density at radius 3 is 2.72 bits per heavy atom. The molecular formula is C14H12Cl2FN5O3. The second-order valence-corrected chi connectivity index (χ2v) is 5.27. The van der Waals surface area contributed by atoms with E-state index in [9.17, 15) is 14.0 Å². The zero-order valence-electron chi connectivity index (χ0n) is 13.1. The largest absolute Gasteiger partial charge is 0.462 e. The van der Waals surface area contributed by atoms with Crippen LogP contribution in [0.4, 0.5) is 10.3 Å². The summed E-state index contributed by atoms with van der Waals surface area (Å²) in [5.41, 5.74) is -0.752. The number of rotatable bonds is 6. The van der Waals surface area contributed by atoms with Crippen molar-refractivity contribution in [1.82, 2.24) is 19.7 Å². The number of ketones is 1. The first kappa shape index (κ1) is 18.8. The van der Waals surface area contributed by atoms with Gasteiger partial charge in [-0.1, -0.05) is 23.2 Å². The highest BCUT2D eigenvalue weighted by Gasteiger charge is 2.25. The van der Waals surface area contributed by atoms with Gasteiger partial charge in [0.15, 0.2) is 11.0 Å². The number of anilines is 1. The Morgan fingerprint density at radius 2 is 2.12 bits per heavy atom. The fourth-order valence-electron chi connectivity index (χ4n) is 1.74. The molecule has 0 spiro atoms. The number of carbonyl (C=O) groups is 2. The number of nitrogens with zero attached hydrogens (tertiary/aromatic N) is 4. The molecule has 0 fully saturated rings. The molecule has 0 radical (unpaired) electrons. The lowest BCUT2D eigenvalue weighted by Gasteiger charge is -2.09. The second kappa shape index (κ2) is 8.04. The van der Waals surface area contributed by atoms with Crippen molar-refractivity contribution in [2.45, 2.75) is 6.92 Å². The van der Waals surface area contributed by atoms with Gasteiger partial charge in [0.25, 0.3) is 0 Å². The van der Waals surface area contributed by atoms with Crippen LogP contribution in [-0.2, 0) is 16.6 Å². The number of aryl methyl sites for hydroxylation is 1. The van der Waals surface area contributed by atoms with Gasteiger partial charge in [0, 0.05) is 13.2 Å². The Labute approximate surface area is 151 Å². The first-order chi connectivity index (χ1) is 11.8. The second-order valence-electron chi connectivity index (χ2n) is 4.56. The predicted octanol–water partition coefficient (Wildman–Crippen LogP) is 2.40. The standard InChI is InChI=1S/C14H12Cl2FN5O3/c1-3-25-13(24)8(5-18-14-19-6-20-22(14)2)10(23)7-4-9(17)12(16)21-11(7)15/h4-6H,3H2,1-2H3,(H,18,19,20)/b8-5-. The third kappa shape index (κ3) is 4.31.